The van der Waals surface area contributed by atoms with E-state index >= 15 is 0 Å². The molecule has 2 aromatic heterocycles. The predicted molar refractivity (Wildman–Crippen MR) is 98.7 cm³/mol. The molecule has 0 saturated heterocycles. The first-order valence-electron chi connectivity index (χ1n) is 7.68. The lowest BCUT2D eigenvalue weighted by Gasteiger charge is -2.11. The Labute approximate surface area is 149 Å². The maximum absolute atomic E-state index is 12.5. The molecule has 5 nitrogen and oxygen atoms in total. The zero-order chi connectivity index (χ0) is 17.8. The lowest BCUT2D eigenvalue weighted by atomic mass is 10.0. The maximum Gasteiger partial charge on any atom is 0.250 e. The monoisotopic (exact) mass is 353 g/mol. The van der Waals surface area contributed by atoms with Gasteiger partial charge in [0.2, 0.25) is 0 Å². The van der Waals surface area contributed by atoms with Crippen molar-refractivity contribution in [2.45, 2.75) is 6.42 Å². The number of nitrogens with one attached hydrogen (secondary N) is 1. The van der Waals surface area contributed by atoms with Gasteiger partial charge < -0.3 is 9.88 Å². The van der Waals surface area contributed by atoms with Gasteiger partial charge in [0, 0.05) is 48.2 Å². The summed E-state index contributed by atoms with van der Waals surface area (Å²) in [4.78, 5) is 28.3. The van der Waals surface area contributed by atoms with Gasteiger partial charge in [0.1, 0.15) is 0 Å². The van der Waals surface area contributed by atoms with Crippen LogP contribution in [0.4, 0.5) is 11.4 Å². The first-order chi connectivity index (χ1) is 12.0. The molecule has 25 heavy (non-hydrogen) atoms. The molecule has 0 radical (unpaired) electrons. The molecule has 1 N–H and O–H groups in total. The summed E-state index contributed by atoms with van der Waals surface area (Å²) in [5.41, 5.74) is 2.58. The Morgan fingerprint density at radius 2 is 1.96 bits per heavy atom. The summed E-state index contributed by atoms with van der Waals surface area (Å²) < 4.78 is 1.43. The van der Waals surface area contributed by atoms with Crippen molar-refractivity contribution in [3.05, 3.63) is 87.6 Å². The summed E-state index contributed by atoms with van der Waals surface area (Å²) in [6.45, 7) is 0. The minimum Gasteiger partial charge on any atom is -0.354 e. The van der Waals surface area contributed by atoms with E-state index in [2.05, 4.69) is 10.3 Å². The third-order valence-electron chi connectivity index (χ3n) is 3.81. The summed E-state index contributed by atoms with van der Waals surface area (Å²) in [7, 11) is 1.65. The summed E-state index contributed by atoms with van der Waals surface area (Å²) in [5, 5.41) is 3.89. The van der Waals surface area contributed by atoms with E-state index in [4.69, 9.17) is 11.6 Å². The fraction of sp³-hybridized carbons (Fsp3) is 0.105. The van der Waals surface area contributed by atoms with Gasteiger partial charge in [-0.25, -0.2) is 0 Å². The van der Waals surface area contributed by atoms with Crippen molar-refractivity contribution in [2.75, 3.05) is 5.32 Å². The highest BCUT2D eigenvalue weighted by Gasteiger charge is 2.12. The Balaban J connectivity index is 1.82. The van der Waals surface area contributed by atoms with Gasteiger partial charge in [-0.3, -0.25) is 14.6 Å². The molecule has 0 saturated carbocycles. The zero-order valence-electron chi connectivity index (χ0n) is 13.6. The van der Waals surface area contributed by atoms with Crippen LogP contribution in [-0.4, -0.2) is 15.3 Å². The van der Waals surface area contributed by atoms with E-state index < -0.39 is 0 Å². The molecule has 0 amide bonds. The van der Waals surface area contributed by atoms with Gasteiger partial charge in [-0.05, 0) is 42.0 Å². The number of anilines is 2. The number of aryl methyl sites for hydroxylation is 1. The van der Waals surface area contributed by atoms with E-state index in [0.29, 0.717) is 10.6 Å². The van der Waals surface area contributed by atoms with Gasteiger partial charge in [0.15, 0.2) is 5.78 Å². The highest BCUT2D eigenvalue weighted by Crippen LogP contribution is 2.22. The molecule has 1 aromatic carbocycles. The van der Waals surface area contributed by atoms with Crippen molar-refractivity contribution < 1.29 is 4.79 Å². The lowest BCUT2D eigenvalue weighted by molar-refractivity contribution is 0.0993. The van der Waals surface area contributed by atoms with Crippen LogP contribution in [0.1, 0.15) is 15.9 Å². The van der Waals surface area contributed by atoms with Crippen molar-refractivity contribution in [2.24, 2.45) is 7.05 Å². The molecule has 6 heteroatoms. The van der Waals surface area contributed by atoms with Gasteiger partial charge in [-0.1, -0.05) is 11.6 Å². The molecule has 0 aliphatic heterocycles. The highest BCUT2D eigenvalue weighted by molar-refractivity contribution is 6.30. The van der Waals surface area contributed by atoms with Gasteiger partial charge in [0.05, 0.1) is 11.9 Å². The zero-order valence-corrected chi connectivity index (χ0v) is 14.3. The van der Waals surface area contributed by atoms with E-state index in [-0.39, 0.29) is 17.8 Å². The highest BCUT2D eigenvalue weighted by atomic mass is 35.5. The standard InChI is InChI=1S/C19H16ClN3O2/c1-23-9-7-14(11-19(23)25)18(24)10-13-6-8-21-12-17(13)22-16-4-2-15(20)3-5-16/h2-9,11-12,22H,10H2,1H3. The smallest absolute Gasteiger partial charge is 0.250 e. The van der Waals surface area contributed by atoms with Crippen LogP contribution < -0.4 is 10.9 Å². The number of hydrogen-bond donors (Lipinski definition) is 1. The van der Waals surface area contributed by atoms with Crippen LogP contribution in [0, 0.1) is 0 Å². The van der Waals surface area contributed by atoms with E-state index in [0.717, 1.165) is 16.9 Å². The Kier molecular flexibility index (Phi) is 4.95. The molecular formula is C19H16ClN3O2. The van der Waals surface area contributed by atoms with E-state index in [1.807, 2.05) is 12.1 Å². The van der Waals surface area contributed by atoms with Crippen LogP contribution in [0.15, 0.2) is 65.8 Å². The Morgan fingerprint density at radius 3 is 2.68 bits per heavy atom. The molecule has 126 valence electrons. The number of carbonyl (C=O) groups excluding carboxylic acids is 1. The molecule has 3 rings (SSSR count). The molecule has 0 aliphatic carbocycles. The number of Topliss-reactive ketones (excluding diaryl/α,β-unsaturated/α-hetero) is 1. The number of pyridine rings is 2. The van der Waals surface area contributed by atoms with Crippen molar-refractivity contribution in [3.8, 4) is 0 Å². The molecule has 2 heterocycles. The van der Waals surface area contributed by atoms with Crippen molar-refractivity contribution in [1.29, 1.82) is 0 Å². The van der Waals surface area contributed by atoms with Crippen LogP contribution >= 0.6 is 11.6 Å². The van der Waals surface area contributed by atoms with E-state index in [9.17, 15) is 9.59 Å². The Morgan fingerprint density at radius 1 is 1.20 bits per heavy atom. The topological polar surface area (TPSA) is 64.0 Å². The second-order valence-corrected chi connectivity index (χ2v) is 6.07. The van der Waals surface area contributed by atoms with Crippen LogP contribution in [0.25, 0.3) is 0 Å². The number of hydrogen-bond acceptors (Lipinski definition) is 4. The van der Waals surface area contributed by atoms with Crippen molar-refractivity contribution in [3.63, 3.8) is 0 Å². The summed E-state index contributed by atoms with van der Waals surface area (Å²) >= 11 is 5.89. The summed E-state index contributed by atoms with van der Waals surface area (Å²) in [6, 6.07) is 12.1. The fourth-order valence-electron chi connectivity index (χ4n) is 2.38. The number of rotatable bonds is 5. The van der Waals surface area contributed by atoms with Gasteiger partial charge in [-0.15, -0.1) is 0 Å². The number of aromatic nitrogens is 2. The number of halogens is 1. The molecule has 0 atom stereocenters. The van der Waals surface area contributed by atoms with Crippen LogP contribution in [0.5, 0.6) is 0 Å². The number of nitrogens with zero attached hydrogens (tertiary/aromatic N) is 2. The van der Waals surface area contributed by atoms with Gasteiger partial charge >= 0.3 is 0 Å². The molecule has 0 unspecified atom stereocenters. The number of ketones is 1. The SMILES string of the molecule is Cn1ccc(C(=O)Cc2ccncc2Nc2ccc(Cl)cc2)cc1=O. The first-order valence-corrected chi connectivity index (χ1v) is 8.06. The van der Waals surface area contributed by atoms with Crippen molar-refractivity contribution >= 4 is 28.8 Å². The molecule has 0 spiro atoms. The maximum atomic E-state index is 12.5. The predicted octanol–water partition coefficient (Wildman–Crippen LogP) is 3.60. The second-order valence-electron chi connectivity index (χ2n) is 5.63. The van der Waals surface area contributed by atoms with Gasteiger partial charge in [0.25, 0.3) is 5.56 Å². The van der Waals surface area contributed by atoms with Gasteiger partial charge in [-0.2, -0.15) is 0 Å². The average Bonchev–Trinajstić information content (AvgIpc) is 2.61. The van der Waals surface area contributed by atoms with Crippen LogP contribution in [0.2, 0.25) is 5.02 Å². The molecule has 0 aliphatic rings. The van der Waals surface area contributed by atoms with Crippen LogP contribution in [-0.2, 0) is 13.5 Å². The Bertz CT molecular complexity index is 965. The quantitative estimate of drug-likeness (QED) is 0.712. The number of benzene rings is 1. The minimum atomic E-state index is -0.208. The van der Waals surface area contributed by atoms with Crippen molar-refractivity contribution in [1.82, 2.24) is 9.55 Å². The fourth-order valence-corrected chi connectivity index (χ4v) is 2.50. The van der Waals surface area contributed by atoms with E-state index in [1.54, 1.807) is 49.9 Å². The number of carbonyl (C=O) groups is 1. The third kappa shape index (κ3) is 4.14. The largest absolute Gasteiger partial charge is 0.354 e. The molecule has 0 bridgehead atoms. The van der Waals surface area contributed by atoms with E-state index in [1.165, 1.54) is 10.6 Å². The molecular weight excluding hydrogens is 338 g/mol. The van der Waals surface area contributed by atoms with Crippen LogP contribution in [0.3, 0.4) is 0 Å². The normalized spacial score (nSPS) is 10.5. The molecule has 0 fully saturated rings. The minimum absolute atomic E-state index is 0.122. The summed E-state index contributed by atoms with van der Waals surface area (Å²) in [5.74, 6) is -0.122. The second kappa shape index (κ2) is 7.32. The average molecular weight is 354 g/mol. The molecule has 3 aromatic rings. The third-order valence-corrected chi connectivity index (χ3v) is 4.06. The first kappa shape index (κ1) is 16.9. The Hall–Kier alpha value is -2.92. The summed E-state index contributed by atoms with van der Waals surface area (Å²) in [6.07, 6.45) is 5.07. The lowest BCUT2D eigenvalue weighted by Crippen LogP contribution is -2.17.